The molecule has 0 bridgehead atoms. The van der Waals surface area contributed by atoms with Gasteiger partial charge >= 0.3 is 0 Å². The lowest BCUT2D eigenvalue weighted by atomic mass is 10.2. The van der Waals surface area contributed by atoms with E-state index in [2.05, 4.69) is 6.92 Å². The van der Waals surface area contributed by atoms with Crippen molar-refractivity contribution >= 4 is 11.8 Å². The van der Waals surface area contributed by atoms with Gasteiger partial charge in [-0.15, -0.1) is 0 Å². The molecule has 4 nitrogen and oxygen atoms in total. The van der Waals surface area contributed by atoms with Crippen LogP contribution in [0.3, 0.4) is 0 Å². The predicted octanol–water partition coefficient (Wildman–Crippen LogP) is 3.07. The Labute approximate surface area is 134 Å². The number of carbonyl (C=O) groups excluding carboxylic acids is 2. The fourth-order valence-electron chi connectivity index (χ4n) is 2.34. The van der Waals surface area contributed by atoms with Crippen LogP contribution < -0.4 is 0 Å². The van der Waals surface area contributed by atoms with Crippen LogP contribution in [0, 0.1) is 0 Å². The van der Waals surface area contributed by atoms with E-state index in [0.29, 0.717) is 26.1 Å². The molecule has 2 amide bonds. The highest BCUT2D eigenvalue weighted by Gasteiger charge is 2.15. The molecule has 0 aliphatic heterocycles. The Morgan fingerprint density at radius 2 is 1.68 bits per heavy atom. The quantitative estimate of drug-likeness (QED) is 0.703. The van der Waals surface area contributed by atoms with Gasteiger partial charge in [-0.2, -0.15) is 0 Å². The Bertz CT molecular complexity index is 459. The van der Waals surface area contributed by atoms with Crippen LogP contribution in [0.5, 0.6) is 0 Å². The van der Waals surface area contributed by atoms with Crippen LogP contribution >= 0.6 is 0 Å². The first-order valence-corrected chi connectivity index (χ1v) is 8.15. The van der Waals surface area contributed by atoms with Crippen molar-refractivity contribution in [3.63, 3.8) is 0 Å². The van der Waals surface area contributed by atoms with Gasteiger partial charge in [0.05, 0.1) is 0 Å². The summed E-state index contributed by atoms with van der Waals surface area (Å²) in [6, 6.07) is 9.99. The monoisotopic (exact) mass is 304 g/mol. The molecule has 0 heterocycles. The molecule has 4 heteroatoms. The van der Waals surface area contributed by atoms with Gasteiger partial charge < -0.3 is 9.80 Å². The van der Waals surface area contributed by atoms with E-state index in [1.807, 2.05) is 42.2 Å². The summed E-state index contributed by atoms with van der Waals surface area (Å²) >= 11 is 0. The number of hydrogen-bond acceptors (Lipinski definition) is 2. The van der Waals surface area contributed by atoms with Crippen molar-refractivity contribution in [3.8, 4) is 0 Å². The summed E-state index contributed by atoms with van der Waals surface area (Å²) in [7, 11) is 0. The second-order valence-electron chi connectivity index (χ2n) is 5.50. The number of amides is 2. The fourth-order valence-corrected chi connectivity index (χ4v) is 2.34. The summed E-state index contributed by atoms with van der Waals surface area (Å²) in [5.74, 6) is 0.154. The normalized spacial score (nSPS) is 10.3. The van der Waals surface area contributed by atoms with Gasteiger partial charge in [0.1, 0.15) is 0 Å². The number of unbranched alkanes of at least 4 members (excludes halogenated alkanes) is 1. The number of nitrogens with zero attached hydrogens (tertiary/aromatic N) is 2. The third kappa shape index (κ3) is 6.29. The van der Waals surface area contributed by atoms with E-state index < -0.39 is 0 Å². The highest BCUT2D eigenvalue weighted by Crippen LogP contribution is 2.07. The van der Waals surface area contributed by atoms with Gasteiger partial charge in [0.2, 0.25) is 11.8 Å². The molecule has 0 radical (unpaired) electrons. The zero-order chi connectivity index (χ0) is 16.4. The molecule has 0 spiro atoms. The smallest absolute Gasteiger partial charge is 0.224 e. The van der Waals surface area contributed by atoms with Crippen LogP contribution in [0.15, 0.2) is 30.3 Å². The maximum Gasteiger partial charge on any atom is 0.224 e. The van der Waals surface area contributed by atoms with Crippen LogP contribution in [0.2, 0.25) is 0 Å². The van der Waals surface area contributed by atoms with E-state index in [-0.39, 0.29) is 11.8 Å². The minimum absolute atomic E-state index is 0.0485. The molecule has 0 atom stereocenters. The second-order valence-corrected chi connectivity index (χ2v) is 5.50. The van der Waals surface area contributed by atoms with Crippen molar-refractivity contribution < 1.29 is 9.59 Å². The topological polar surface area (TPSA) is 40.6 Å². The summed E-state index contributed by atoms with van der Waals surface area (Å²) in [5, 5.41) is 0. The molecule has 0 N–H and O–H groups in total. The third-order valence-corrected chi connectivity index (χ3v) is 3.77. The molecule has 0 fully saturated rings. The summed E-state index contributed by atoms with van der Waals surface area (Å²) in [4.78, 5) is 27.6. The minimum Gasteiger partial charge on any atom is -0.342 e. The van der Waals surface area contributed by atoms with Gasteiger partial charge in [-0.25, -0.2) is 0 Å². The lowest BCUT2D eigenvalue weighted by Crippen LogP contribution is -2.36. The molecule has 1 aromatic carbocycles. The molecule has 1 rings (SSSR count). The first-order chi connectivity index (χ1) is 10.6. The Morgan fingerprint density at radius 3 is 2.23 bits per heavy atom. The van der Waals surface area contributed by atoms with Crippen LogP contribution in [-0.2, 0) is 16.1 Å². The Kier molecular flexibility index (Phi) is 8.26. The molecule has 0 saturated heterocycles. The number of rotatable bonds is 9. The summed E-state index contributed by atoms with van der Waals surface area (Å²) < 4.78 is 0. The molecule has 0 unspecified atom stereocenters. The molecular formula is C18H28N2O2. The highest BCUT2D eigenvalue weighted by molar-refractivity contribution is 5.78. The molecule has 0 aliphatic rings. The molecule has 1 aromatic rings. The highest BCUT2D eigenvalue weighted by atomic mass is 16.2. The van der Waals surface area contributed by atoms with E-state index in [0.717, 1.165) is 24.9 Å². The van der Waals surface area contributed by atoms with E-state index in [9.17, 15) is 9.59 Å². The van der Waals surface area contributed by atoms with Crippen molar-refractivity contribution in [2.75, 3.05) is 19.6 Å². The zero-order valence-corrected chi connectivity index (χ0v) is 14.0. The number of benzene rings is 1. The van der Waals surface area contributed by atoms with Crippen LogP contribution in [-0.4, -0.2) is 41.2 Å². The molecule has 122 valence electrons. The van der Waals surface area contributed by atoms with Gasteiger partial charge in [0.15, 0.2) is 0 Å². The first kappa shape index (κ1) is 18.2. The Hall–Kier alpha value is -1.84. The van der Waals surface area contributed by atoms with E-state index in [1.54, 1.807) is 11.8 Å². The predicted molar refractivity (Wildman–Crippen MR) is 89.3 cm³/mol. The average Bonchev–Trinajstić information content (AvgIpc) is 2.53. The second kappa shape index (κ2) is 9.98. The lowest BCUT2D eigenvalue weighted by Gasteiger charge is -2.24. The van der Waals surface area contributed by atoms with E-state index in [1.165, 1.54) is 0 Å². The van der Waals surface area contributed by atoms with Gasteiger partial charge in [-0.3, -0.25) is 9.59 Å². The molecule has 22 heavy (non-hydrogen) atoms. The summed E-state index contributed by atoms with van der Waals surface area (Å²) in [6.45, 7) is 8.22. The van der Waals surface area contributed by atoms with Crippen molar-refractivity contribution in [2.24, 2.45) is 0 Å². The van der Waals surface area contributed by atoms with Gasteiger partial charge in [0.25, 0.3) is 0 Å². The minimum atomic E-state index is 0.0485. The molecular weight excluding hydrogens is 276 g/mol. The SMILES string of the molecule is CCCCN(CCC(=O)N(CC)Cc1ccccc1)C(C)=O. The van der Waals surface area contributed by atoms with Gasteiger partial charge in [0, 0.05) is 39.5 Å². The Balaban J connectivity index is 2.51. The number of carbonyl (C=O) groups is 2. The standard InChI is InChI=1S/C18H28N2O2/c1-4-6-13-20(16(3)21)14-12-18(22)19(5-2)15-17-10-8-7-9-11-17/h7-11H,4-6,12-15H2,1-3H3. The van der Waals surface area contributed by atoms with Crippen molar-refractivity contribution in [1.29, 1.82) is 0 Å². The average molecular weight is 304 g/mol. The third-order valence-electron chi connectivity index (χ3n) is 3.77. The van der Waals surface area contributed by atoms with Crippen LogP contribution in [0.1, 0.15) is 45.6 Å². The molecule has 0 aromatic heterocycles. The molecule has 0 saturated carbocycles. The zero-order valence-electron chi connectivity index (χ0n) is 14.0. The number of hydrogen-bond donors (Lipinski definition) is 0. The van der Waals surface area contributed by atoms with Crippen molar-refractivity contribution in [2.45, 2.75) is 46.6 Å². The first-order valence-electron chi connectivity index (χ1n) is 8.15. The van der Waals surface area contributed by atoms with Crippen molar-refractivity contribution in [3.05, 3.63) is 35.9 Å². The van der Waals surface area contributed by atoms with Crippen LogP contribution in [0.4, 0.5) is 0 Å². The van der Waals surface area contributed by atoms with Crippen LogP contribution in [0.25, 0.3) is 0 Å². The van der Waals surface area contributed by atoms with E-state index in [4.69, 9.17) is 0 Å². The Morgan fingerprint density at radius 1 is 1.00 bits per heavy atom. The maximum atomic E-state index is 12.4. The van der Waals surface area contributed by atoms with Crippen molar-refractivity contribution in [1.82, 2.24) is 9.80 Å². The van der Waals surface area contributed by atoms with Gasteiger partial charge in [-0.1, -0.05) is 43.7 Å². The lowest BCUT2D eigenvalue weighted by molar-refractivity contribution is -0.133. The maximum absolute atomic E-state index is 12.4. The van der Waals surface area contributed by atoms with E-state index >= 15 is 0 Å². The summed E-state index contributed by atoms with van der Waals surface area (Å²) in [5.41, 5.74) is 1.13. The fraction of sp³-hybridized carbons (Fsp3) is 0.556. The van der Waals surface area contributed by atoms with Gasteiger partial charge in [-0.05, 0) is 18.9 Å². The largest absolute Gasteiger partial charge is 0.342 e. The summed E-state index contributed by atoms with van der Waals surface area (Å²) in [6.07, 6.45) is 2.42. The molecule has 0 aliphatic carbocycles.